The van der Waals surface area contributed by atoms with Gasteiger partial charge < -0.3 is 16.4 Å². The first-order chi connectivity index (χ1) is 8.04. The second-order valence-electron chi connectivity index (χ2n) is 5.17. The van der Waals surface area contributed by atoms with Gasteiger partial charge in [-0.05, 0) is 39.8 Å². The minimum Gasteiger partial charge on any atom is -0.368 e. The van der Waals surface area contributed by atoms with Gasteiger partial charge in [0, 0.05) is 12.8 Å². The van der Waals surface area contributed by atoms with E-state index >= 15 is 0 Å². The summed E-state index contributed by atoms with van der Waals surface area (Å²) in [5, 5.41) is 0. The second-order valence-corrected chi connectivity index (χ2v) is 7.43. The van der Waals surface area contributed by atoms with Crippen molar-refractivity contribution in [1.82, 2.24) is 4.90 Å². The van der Waals surface area contributed by atoms with E-state index in [0.29, 0.717) is 13.0 Å². The average molecular weight is 279 g/mol. The fourth-order valence-corrected chi connectivity index (χ4v) is 2.07. The van der Waals surface area contributed by atoms with E-state index in [0.717, 1.165) is 19.4 Å². The van der Waals surface area contributed by atoms with Gasteiger partial charge in [0.05, 0.1) is 11.3 Å². The zero-order valence-electron chi connectivity index (χ0n) is 11.5. The fourth-order valence-electron chi connectivity index (χ4n) is 1.43. The summed E-state index contributed by atoms with van der Waals surface area (Å²) in [7, 11) is -1.03. The molecular formula is C11H25N3O3S. The van der Waals surface area contributed by atoms with Gasteiger partial charge in [-0.15, -0.1) is 0 Å². The first-order valence-electron chi connectivity index (χ1n) is 5.99. The standard InChI is InChI=1S/C11H25N3O3S/c1-11(13,10(12)15)6-4-5-7-14(2)8-9-18(3,16)17/h4-9,13H2,1-3H3,(H2,12,15). The largest absolute Gasteiger partial charge is 0.368 e. The summed E-state index contributed by atoms with van der Waals surface area (Å²) in [5.74, 6) is -0.327. The molecule has 1 unspecified atom stereocenters. The van der Waals surface area contributed by atoms with Gasteiger partial charge in [0.25, 0.3) is 0 Å². The monoisotopic (exact) mass is 279 g/mol. The van der Waals surface area contributed by atoms with Crippen molar-refractivity contribution >= 4 is 15.7 Å². The number of unbranched alkanes of at least 4 members (excludes halogenated alkanes) is 1. The zero-order valence-corrected chi connectivity index (χ0v) is 12.3. The molecule has 0 aliphatic carbocycles. The van der Waals surface area contributed by atoms with Crippen LogP contribution in [0.5, 0.6) is 0 Å². The van der Waals surface area contributed by atoms with Crippen LogP contribution < -0.4 is 11.5 Å². The predicted molar refractivity (Wildman–Crippen MR) is 72.8 cm³/mol. The third-order valence-electron chi connectivity index (χ3n) is 2.89. The molecule has 0 aliphatic heterocycles. The van der Waals surface area contributed by atoms with E-state index in [1.807, 2.05) is 11.9 Å². The molecule has 108 valence electrons. The summed E-state index contributed by atoms with van der Waals surface area (Å²) in [6, 6.07) is 0. The summed E-state index contributed by atoms with van der Waals surface area (Å²) in [6.45, 7) is 2.93. The lowest BCUT2D eigenvalue weighted by Gasteiger charge is -2.21. The van der Waals surface area contributed by atoms with E-state index in [1.54, 1.807) is 6.92 Å². The van der Waals surface area contributed by atoms with Crippen molar-refractivity contribution in [2.24, 2.45) is 11.5 Å². The molecule has 0 saturated heterocycles. The number of amides is 1. The van der Waals surface area contributed by atoms with Gasteiger partial charge >= 0.3 is 0 Å². The molecule has 18 heavy (non-hydrogen) atoms. The van der Waals surface area contributed by atoms with E-state index in [1.165, 1.54) is 6.26 Å². The molecule has 4 N–H and O–H groups in total. The summed E-state index contributed by atoms with van der Waals surface area (Å²) in [6.07, 6.45) is 3.43. The summed E-state index contributed by atoms with van der Waals surface area (Å²) < 4.78 is 22.0. The van der Waals surface area contributed by atoms with E-state index < -0.39 is 21.3 Å². The lowest BCUT2D eigenvalue weighted by Crippen LogP contribution is -2.49. The highest BCUT2D eigenvalue weighted by molar-refractivity contribution is 7.90. The van der Waals surface area contributed by atoms with Gasteiger partial charge in [0.2, 0.25) is 5.91 Å². The molecule has 0 aromatic heterocycles. The normalized spacial score (nSPS) is 15.6. The van der Waals surface area contributed by atoms with Crippen molar-refractivity contribution in [3.8, 4) is 0 Å². The number of sulfone groups is 1. The molecule has 1 atom stereocenters. The summed E-state index contributed by atoms with van der Waals surface area (Å²) >= 11 is 0. The topological polar surface area (TPSA) is 106 Å². The van der Waals surface area contributed by atoms with E-state index in [-0.39, 0.29) is 5.75 Å². The maximum absolute atomic E-state index is 11.0. The molecule has 0 bridgehead atoms. The molecule has 0 fully saturated rings. The van der Waals surface area contributed by atoms with Crippen LogP contribution >= 0.6 is 0 Å². The van der Waals surface area contributed by atoms with Gasteiger partial charge in [0.15, 0.2) is 0 Å². The lowest BCUT2D eigenvalue weighted by molar-refractivity contribution is -0.122. The summed E-state index contributed by atoms with van der Waals surface area (Å²) in [4.78, 5) is 12.9. The van der Waals surface area contributed by atoms with Crippen LogP contribution in [0.3, 0.4) is 0 Å². The Morgan fingerprint density at radius 3 is 2.28 bits per heavy atom. The van der Waals surface area contributed by atoms with Crippen LogP contribution in [-0.2, 0) is 14.6 Å². The van der Waals surface area contributed by atoms with Crippen LogP contribution in [0.15, 0.2) is 0 Å². The van der Waals surface area contributed by atoms with Crippen molar-refractivity contribution < 1.29 is 13.2 Å². The molecule has 0 aromatic carbocycles. The Labute approximate surface area is 110 Å². The van der Waals surface area contributed by atoms with Gasteiger partial charge in [-0.25, -0.2) is 8.42 Å². The third-order valence-corrected chi connectivity index (χ3v) is 3.82. The van der Waals surface area contributed by atoms with E-state index in [9.17, 15) is 13.2 Å². The molecule has 1 amide bonds. The Hall–Kier alpha value is -0.660. The Morgan fingerprint density at radius 1 is 1.28 bits per heavy atom. The minimum atomic E-state index is -2.91. The third kappa shape index (κ3) is 8.43. The molecule has 0 saturated carbocycles. The molecule has 0 rings (SSSR count). The number of rotatable bonds is 9. The molecule has 0 radical (unpaired) electrons. The van der Waals surface area contributed by atoms with Gasteiger partial charge in [0.1, 0.15) is 9.84 Å². The molecule has 6 nitrogen and oxygen atoms in total. The highest BCUT2D eigenvalue weighted by atomic mass is 32.2. The molecule has 0 aromatic rings. The molecular weight excluding hydrogens is 254 g/mol. The average Bonchev–Trinajstić information content (AvgIpc) is 2.20. The van der Waals surface area contributed by atoms with Crippen molar-refractivity contribution in [1.29, 1.82) is 0 Å². The zero-order chi connectivity index (χ0) is 14.4. The van der Waals surface area contributed by atoms with Crippen molar-refractivity contribution in [3.63, 3.8) is 0 Å². The number of hydrogen-bond acceptors (Lipinski definition) is 5. The smallest absolute Gasteiger partial charge is 0.237 e. The fraction of sp³-hybridized carbons (Fsp3) is 0.909. The second kappa shape index (κ2) is 7.06. The van der Waals surface area contributed by atoms with Crippen molar-refractivity contribution in [2.75, 3.05) is 32.1 Å². The maximum atomic E-state index is 11.0. The Kier molecular flexibility index (Phi) is 6.80. The van der Waals surface area contributed by atoms with E-state index in [4.69, 9.17) is 11.5 Å². The van der Waals surface area contributed by atoms with E-state index in [2.05, 4.69) is 0 Å². The van der Waals surface area contributed by atoms with Crippen molar-refractivity contribution in [3.05, 3.63) is 0 Å². The maximum Gasteiger partial charge on any atom is 0.237 e. The number of primary amides is 1. The number of nitrogens with two attached hydrogens (primary N) is 2. The number of carbonyl (C=O) groups excluding carboxylic acids is 1. The van der Waals surface area contributed by atoms with Gasteiger partial charge in [-0.3, -0.25) is 4.79 Å². The first kappa shape index (κ1) is 17.3. The minimum absolute atomic E-state index is 0.166. The van der Waals surface area contributed by atoms with Crippen LogP contribution in [0, 0.1) is 0 Å². The summed E-state index contributed by atoms with van der Waals surface area (Å²) in [5.41, 5.74) is 9.94. The van der Waals surface area contributed by atoms with Gasteiger partial charge in [-0.2, -0.15) is 0 Å². The Morgan fingerprint density at radius 2 is 1.83 bits per heavy atom. The highest BCUT2D eigenvalue weighted by Gasteiger charge is 2.24. The highest BCUT2D eigenvalue weighted by Crippen LogP contribution is 2.10. The predicted octanol–water partition coefficient (Wildman–Crippen LogP) is -0.664. The number of nitrogens with zero attached hydrogens (tertiary/aromatic N) is 1. The lowest BCUT2D eigenvalue weighted by atomic mass is 9.95. The van der Waals surface area contributed by atoms with Crippen LogP contribution in [0.2, 0.25) is 0 Å². The van der Waals surface area contributed by atoms with Crippen LogP contribution in [0.25, 0.3) is 0 Å². The molecule has 0 aliphatic rings. The SMILES string of the molecule is CN(CCCCC(C)(N)C(N)=O)CCS(C)(=O)=O. The number of carbonyl (C=O) groups is 1. The molecule has 0 spiro atoms. The first-order valence-corrected chi connectivity index (χ1v) is 8.06. The Balaban J connectivity index is 3.76. The van der Waals surface area contributed by atoms with Gasteiger partial charge in [-0.1, -0.05) is 0 Å². The quantitative estimate of drug-likeness (QED) is 0.545. The number of hydrogen-bond donors (Lipinski definition) is 2. The van der Waals surface area contributed by atoms with Crippen LogP contribution in [0.4, 0.5) is 0 Å². The Bertz CT molecular complexity index is 366. The molecule has 7 heteroatoms. The molecule has 0 heterocycles. The van der Waals surface area contributed by atoms with Crippen molar-refractivity contribution in [2.45, 2.75) is 31.7 Å². The van der Waals surface area contributed by atoms with Crippen LogP contribution in [-0.4, -0.2) is 56.9 Å². The van der Waals surface area contributed by atoms with Crippen LogP contribution in [0.1, 0.15) is 26.2 Å².